The summed E-state index contributed by atoms with van der Waals surface area (Å²) in [6.45, 7) is 0.175. The minimum atomic E-state index is -0.612. The number of nitrogens with one attached hydrogen (secondary N) is 1. The van der Waals surface area contributed by atoms with Gasteiger partial charge < -0.3 is 5.32 Å². The summed E-state index contributed by atoms with van der Waals surface area (Å²) in [6.07, 6.45) is 1.49. The van der Waals surface area contributed by atoms with E-state index in [1.807, 2.05) is 6.07 Å². The van der Waals surface area contributed by atoms with Crippen LogP contribution in [0.4, 0.5) is 14.6 Å². The van der Waals surface area contributed by atoms with E-state index < -0.39 is 11.6 Å². The Kier molecular flexibility index (Phi) is 3.49. The first-order chi connectivity index (χ1) is 8.69. The lowest BCUT2D eigenvalue weighted by Crippen LogP contribution is -2.03. The molecule has 0 unspecified atom stereocenters. The van der Waals surface area contributed by atoms with Crippen molar-refractivity contribution in [3.05, 3.63) is 59.3 Å². The highest BCUT2D eigenvalue weighted by atomic mass is 19.1. The van der Waals surface area contributed by atoms with E-state index >= 15 is 0 Å². The molecule has 1 aromatic heterocycles. The first-order valence-electron chi connectivity index (χ1n) is 5.23. The molecule has 2 aromatic rings. The molecule has 3 nitrogen and oxygen atoms in total. The Bertz CT molecular complexity index is 605. The van der Waals surface area contributed by atoms with E-state index in [0.717, 1.165) is 6.07 Å². The Morgan fingerprint density at radius 3 is 2.78 bits per heavy atom. The average Bonchev–Trinajstić information content (AvgIpc) is 2.38. The topological polar surface area (TPSA) is 48.7 Å². The van der Waals surface area contributed by atoms with Gasteiger partial charge in [-0.2, -0.15) is 5.26 Å². The van der Waals surface area contributed by atoms with Crippen LogP contribution in [0, 0.1) is 23.0 Å². The van der Waals surface area contributed by atoms with Crippen molar-refractivity contribution in [2.45, 2.75) is 6.54 Å². The Balaban J connectivity index is 2.09. The number of anilines is 1. The largest absolute Gasteiger partial charge is 0.366 e. The molecule has 0 radical (unpaired) electrons. The first kappa shape index (κ1) is 12.0. The Hall–Kier alpha value is -2.48. The molecule has 0 saturated carbocycles. The van der Waals surface area contributed by atoms with Gasteiger partial charge in [0.05, 0.1) is 11.6 Å². The van der Waals surface area contributed by atoms with E-state index in [1.54, 1.807) is 12.1 Å². The summed E-state index contributed by atoms with van der Waals surface area (Å²) in [6, 6.07) is 8.50. The smallest absolute Gasteiger partial charge is 0.131 e. The van der Waals surface area contributed by atoms with Crippen LogP contribution in [0.2, 0.25) is 0 Å². The van der Waals surface area contributed by atoms with Crippen molar-refractivity contribution in [3.8, 4) is 6.07 Å². The second-order valence-electron chi connectivity index (χ2n) is 3.63. The molecule has 18 heavy (non-hydrogen) atoms. The van der Waals surface area contributed by atoms with E-state index in [-0.39, 0.29) is 6.54 Å². The number of rotatable bonds is 3. The molecule has 0 aliphatic heterocycles. The highest BCUT2D eigenvalue weighted by Crippen LogP contribution is 2.12. The van der Waals surface area contributed by atoms with Gasteiger partial charge in [-0.05, 0) is 18.2 Å². The highest BCUT2D eigenvalue weighted by Gasteiger charge is 2.04. The lowest BCUT2D eigenvalue weighted by molar-refractivity contribution is 0.574. The predicted molar refractivity (Wildman–Crippen MR) is 62.6 cm³/mol. The number of aromatic nitrogens is 1. The second kappa shape index (κ2) is 5.23. The fourth-order valence-corrected chi connectivity index (χ4v) is 1.45. The molecule has 5 heteroatoms. The van der Waals surface area contributed by atoms with Crippen molar-refractivity contribution in [2.24, 2.45) is 0 Å². The van der Waals surface area contributed by atoms with E-state index in [4.69, 9.17) is 5.26 Å². The van der Waals surface area contributed by atoms with Crippen molar-refractivity contribution in [2.75, 3.05) is 5.32 Å². The maximum absolute atomic E-state index is 13.3. The van der Waals surface area contributed by atoms with Gasteiger partial charge >= 0.3 is 0 Å². The summed E-state index contributed by atoms with van der Waals surface area (Å²) in [5.41, 5.74) is 0.799. The summed E-state index contributed by atoms with van der Waals surface area (Å²) in [5, 5.41) is 11.6. The highest BCUT2D eigenvalue weighted by molar-refractivity contribution is 5.42. The average molecular weight is 245 g/mol. The summed E-state index contributed by atoms with van der Waals surface area (Å²) in [7, 11) is 0. The van der Waals surface area contributed by atoms with Crippen LogP contribution < -0.4 is 5.32 Å². The van der Waals surface area contributed by atoms with Gasteiger partial charge in [0.15, 0.2) is 0 Å². The molecule has 0 bridgehead atoms. The standard InChI is InChI=1S/C13H9F2N3/c14-11-2-1-10(12(15)6-11)8-18-13-5-9(7-16)3-4-17-13/h1-6H,8H2,(H,17,18). The number of nitriles is 1. The number of hydrogen-bond donors (Lipinski definition) is 1. The molecule has 90 valence electrons. The van der Waals surface area contributed by atoms with E-state index in [1.165, 1.54) is 18.3 Å². The molecule has 2 rings (SSSR count). The third-order valence-corrected chi connectivity index (χ3v) is 2.36. The van der Waals surface area contributed by atoms with Crippen molar-refractivity contribution in [1.82, 2.24) is 4.98 Å². The SMILES string of the molecule is N#Cc1ccnc(NCc2ccc(F)cc2F)c1. The van der Waals surface area contributed by atoms with E-state index in [0.29, 0.717) is 16.9 Å². The third-order valence-electron chi connectivity index (χ3n) is 2.36. The molecule has 1 heterocycles. The van der Waals surface area contributed by atoms with E-state index in [2.05, 4.69) is 10.3 Å². The Morgan fingerprint density at radius 1 is 1.22 bits per heavy atom. The predicted octanol–water partition coefficient (Wildman–Crippen LogP) is 2.84. The molecule has 0 fully saturated rings. The number of nitrogens with zero attached hydrogens (tertiary/aromatic N) is 2. The molecule has 0 aliphatic carbocycles. The third kappa shape index (κ3) is 2.80. The number of halogens is 2. The maximum atomic E-state index is 13.3. The van der Waals surface area contributed by atoms with Gasteiger partial charge in [0, 0.05) is 24.4 Å². The summed E-state index contributed by atoms with van der Waals surface area (Å²) >= 11 is 0. The quantitative estimate of drug-likeness (QED) is 0.904. The Morgan fingerprint density at radius 2 is 2.06 bits per heavy atom. The van der Waals surface area contributed by atoms with Crippen molar-refractivity contribution in [3.63, 3.8) is 0 Å². The van der Waals surface area contributed by atoms with Gasteiger partial charge in [-0.3, -0.25) is 0 Å². The molecule has 0 atom stereocenters. The minimum Gasteiger partial charge on any atom is -0.366 e. The van der Waals surface area contributed by atoms with Gasteiger partial charge in [0.1, 0.15) is 17.5 Å². The van der Waals surface area contributed by atoms with Crippen LogP contribution in [0.1, 0.15) is 11.1 Å². The minimum absolute atomic E-state index is 0.175. The molecule has 1 aromatic carbocycles. The molecular formula is C13H9F2N3. The fraction of sp³-hybridized carbons (Fsp3) is 0.0769. The molecule has 0 aliphatic rings. The monoisotopic (exact) mass is 245 g/mol. The van der Waals surface area contributed by atoms with E-state index in [9.17, 15) is 8.78 Å². The molecule has 1 N–H and O–H groups in total. The first-order valence-corrected chi connectivity index (χ1v) is 5.23. The van der Waals surface area contributed by atoms with Crippen LogP contribution >= 0.6 is 0 Å². The zero-order valence-electron chi connectivity index (χ0n) is 9.32. The van der Waals surface area contributed by atoms with Crippen LogP contribution in [0.25, 0.3) is 0 Å². The summed E-state index contributed by atoms with van der Waals surface area (Å²) in [4.78, 5) is 3.99. The summed E-state index contributed by atoms with van der Waals surface area (Å²) < 4.78 is 26.0. The normalized spacial score (nSPS) is 9.83. The van der Waals surface area contributed by atoms with Crippen LogP contribution in [-0.2, 0) is 6.54 Å². The lowest BCUT2D eigenvalue weighted by Gasteiger charge is -2.06. The zero-order valence-corrected chi connectivity index (χ0v) is 9.32. The van der Waals surface area contributed by atoms with Crippen LogP contribution in [0.15, 0.2) is 36.5 Å². The van der Waals surface area contributed by atoms with Gasteiger partial charge in [0.25, 0.3) is 0 Å². The molecule has 0 amide bonds. The van der Waals surface area contributed by atoms with Gasteiger partial charge in [0.2, 0.25) is 0 Å². The fourth-order valence-electron chi connectivity index (χ4n) is 1.45. The lowest BCUT2D eigenvalue weighted by atomic mass is 10.2. The molecule has 0 spiro atoms. The number of hydrogen-bond acceptors (Lipinski definition) is 3. The van der Waals surface area contributed by atoms with Crippen LogP contribution in [0.3, 0.4) is 0 Å². The van der Waals surface area contributed by atoms with Crippen LogP contribution in [-0.4, -0.2) is 4.98 Å². The van der Waals surface area contributed by atoms with Crippen molar-refractivity contribution >= 4 is 5.82 Å². The van der Waals surface area contributed by atoms with Gasteiger partial charge in [-0.15, -0.1) is 0 Å². The number of pyridine rings is 1. The van der Waals surface area contributed by atoms with Gasteiger partial charge in [-0.25, -0.2) is 13.8 Å². The van der Waals surface area contributed by atoms with Crippen molar-refractivity contribution in [1.29, 1.82) is 5.26 Å². The van der Waals surface area contributed by atoms with Gasteiger partial charge in [-0.1, -0.05) is 6.07 Å². The number of benzene rings is 1. The van der Waals surface area contributed by atoms with Crippen LogP contribution in [0.5, 0.6) is 0 Å². The second-order valence-corrected chi connectivity index (χ2v) is 3.63. The molecule has 0 saturated heterocycles. The molecular weight excluding hydrogens is 236 g/mol. The maximum Gasteiger partial charge on any atom is 0.131 e. The Labute approximate surface area is 103 Å². The summed E-state index contributed by atoms with van der Waals surface area (Å²) in [5.74, 6) is -0.752. The van der Waals surface area contributed by atoms with Crippen molar-refractivity contribution < 1.29 is 8.78 Å². The zero-order chi connectivity index (χ0) is 13.0.